The fraction of sp³-hybridized carbons (Fsp3) is 0.429. The lowest BCUT2D eigenvalue weighted by Gasteiger charge is -2.43. The molecule has 0 radical (unpaired) electrons. The highest BCUT2D eigenvalue weighted by Gasteiger charge is 2.36. The number of nitriles is 1. The molecule has 1 N–H and O–H groups in total. The van der Waals surface area contributed by atoms with E-state index < -0.39 is 0 Å². The Labute approximate surface area is 160 Å². The predicted molar refractivity (Wildman–Crippen MR) is 103 cm³/mol. The van der Waals surface area contributed by atoms with Crippen molar-refractivity contribution in [3.63, 3.8) is 0 Å². The van der Waals surface area contributed by atoms with Gasteiger partial charge in [0.15, 0.2) is 0 Å². The number of aromatic nitrogens is 1. The van der Waals surface area contributed by atoms with Gasteiger partial charge in [-0.25, -0.2) is 4.98 Å². The van der Waals surface area contributed by atoms with Gasteiger partial charge >= 0.3 is 0 Å². The van der Waals surface area contributed by atoms with Crippen LogP contribution in [0.1, 0.15) is 24.8 Å². The molecule has 0 spiro atoms. The minimum Gasteiger partial charge on any atom is -0.494 e. The SMILES string of the molecule is COc1nccc(N2CCC[C@@](CO)(CCOc3ccccc3)C2)c1C#N. The molecule has 6 nitrogen and oxygen atoms in total. The summed E-state index contributed by atoms with van der Waals surface area (Å²) in [5.41, 5.74) is 0.996. The van der Waals surface area contributed by atoms with E-state index in [9.17, 15) is 10.4 Å². The van der Waals surface area contributed by atoms with Crippen molar-refractivity contribution in [2.24, 2.45) is 5.41 Å². The van der Waals surface area contributed by atoms with Crippen molar-refractivity contribution in [1.29, 1.82) is 5.26 Å². The summed E-state index contributed by atoms with van der Waals surface area (Å²) in [6, 6.07) is 13.8. The Morgan fingerprint density at radius 1 is 1.30 bits per heavy atom. The van der Waals surface area contributed by atoms with Gasteiger partial charge in [0.2, 0.25) is 5.88 Å². The molecule has 1 fully saturated rings. The molecule has 6 heteroatoms. The summed E-state index contributed by atoms with van der Waals surface area (Å²) in [6.45, 7) is 2.14. The van der Waals surface area contributed by atoms with E-state index in [0.29, 0.717) is 24.6 Å². The first-order valence-corrected chi connectivity index (χ1v) is 9.18. The maximum absolute atomic E-state index is 10.1. The second-order valence-corrected chi connectivity index (χ2v) is 6.92. The van der Waals surface area contributed by atoms with E-state index >= 15 is 0 Å². The van der Waals surface area contributed by atoms with Crippen molar-refractivity contribution in [1.82, 2.24) is 4.98 Å². The van der Waals surface area contributed by atoms with Crippen LogP contribution in [0.4, 0.5) is 5.69 Å². The summed E-state index contributed by atoms with van der Waals surface area (Å²) in [5, 5.41) is 19.7. The van der Waals surface area contributed by atoms with Gasteiger partial charge in [-0.05, 0) is 37.5 Å². The van der Waals surface area contributed by atoms with Crippen molar-refractivity contribution in [3.8, 4) is 17.7 Å². The van der Waals surface area contributed by atoms with Gasteiger partial charge in [0.1, 0.15) is 17.4 Å². The minimum absolute atomic E-state index is 0.0890. The number of anilines is 1. The van der Waals surface area contributed by atoms with Crippen LogP contribution in [0, 0.1) is 16.7 Å². The molecule has 0 aliphatic carbocycles. The van der Waals surface area contributed by atoms with Crippen LogP contribution in [-0.2, 0) is 0 Å². The van der Waals surface area contributed by atoms with Gasteiger partial charge < -0.3 is 19.5 Å². The first kappa shape index (κ1) is 19.0. The first-order valence-electron chi connectivity index (χ1n) is 9.18. The average Bonchev–Trinajstić information content (AvgIpc) is 2.74. The predicted octanol–water partition coefficient (Wildman–Crippen LogP) is 3.01. The molecule has 0 bridgehead atoms. The number of pyridine rings is 1. The zero-order valence-corrected chi connectivity index (χ0v) is 15.6. The number of para-hydroxylation sites is 1. The Morgan fingerprint density at radius 3 is 2.81 bits per heavy atom. The Bertz CT molecular complexity index is 791. The maximum Gasteiger partial charge on any atom is 0.233 e. The van der Waals surface area contributed by atoms with Gasteiger partial charge in [0, 0.05) is 24.7 Å². The third-order valence-corrected chi connectivity index (χ3v) is 5.18. The number of methoxy groups -OCH3 is 1. The summed E-state index contributed by atoms with van der Waals surface area (Å²) in [5.74, 6) is 1.17. The van der Waals surface area contributed by atoms with E-state index in [-0.39, 0.29) is 12.0 Å². The van der Waals surface area contributed by atoms with Crippen molar-refractivity contribution < 1.29 is 14.6 Å². The van der Waals surface area contributed by atoms with Crippen LogP contribution in [0.5, 0.6) is 11.6 Å². The number of piperidine rings is 1. The Balaban J connectivity index is 1.72. The molecular formula is C21H25N3O3. The van der Waals surface area contributed by atoms with Crippen LogP contribution >= 0.6 is 0 Å². The Hall–Kier alpha value is -2.78. The number of aliphatic hydroxyl groups is 1. The van der Waals surface area contributed by atoms with E-state index in [1.165, 1.54) is 7.11 Å². The monoisotopic (exact) mass is 367 g/mol. The molecule has 2 aromatic rings. The number of ether oxygens (including phenoxy) is 2. The maximum atomic E-state index is 10.1. The molecular weight excluding hydrogens is 342 g/mol. The summed E-state index contributed by atoms with van der Waals surface area (Å²) in [4.78, 5) is 6.28. The molecule has 142 valence electrons. The first-order chi connectivity index (χ1) is 13.2. The van der Waals surface area contributed by atoms with Crippen molar-refractivity contribution in [2.45, 2.75) is 19.3 Å². The normalized spacial score (nSPS) is 19.4. The molecule has 0 amide bonds. The molecule has 0 unspecified atom stereocenters. The van der Waals surface area contributed by atoms with E-state index in [1.54, 1.807) is 6.20 Å². The third kappa shape index (κ3) is 4.32. The van der Waals surface area contributed by atoms with Gasteiger partial charge in [-0.15, -0.1) is 0 Å². The Kier molecular flexibility index (Phi) is 6.15. The average molecular weight is 367 g/mol. The van der Waals surface area contributed by atoms with Crippen molar-refractivity contribution in [2.75, 3.05) is 38.3 Å². The summed E-state index contributed by atoms with van der Waals surface area (Å²) < 4.78 is 11.1. The number of benzene rings is 1. The lowest BCUT2D eigenvalue weighted by molar-refractivity contribution is 0.0794. The molecule has 27 heavy (non-hydrogen) atoms. The number of nitrogens with zero attached hydrogens (tertiary/aromatic N) is 3. The quantitative estimate of drug-likeness (QED) is 0.810. The highest BCUT2D eigenvalue weighted by molar-refractivity contribution is 5.63. The van der Waals surface area contributed by atoms with Crippen LogP contribution < -0.4 is 14.4 Å². The van der Waals surface area contributed by atoms with Crippen molar-refractivity contribution >= 4 is 5.69 Å². The zero-order chi connectivity index (χ0) is 19.1. The molecule has 3 rings (SSSR count). The molecule has 0 saturated carbocycles. The second kappa shape index (κ2) is 8.74. The summed E-state index contributed by atoms with van der Waals surface area (Å²) in [6.07, 6.45) is 4.28. The lowest BCUT2D eigenvalue weighted by atomic mass is 9.77. The summed E-state index contributed by atoms with van der Waals surface area (Å²) >= 11 is 0. The van der Waals surface area contributed by atoms with Crippen molar-refractivity contribution in [3.05, 3.63) is 48.2 Å². The molecule has 1 atom stereocenters. The van der Waals surface area contributed by atoms with Gasteiger partial charge in [0.25, 0.3) is 0 Å². The van der Waals surface area contributed by atoms with E-state index in [2.05, 4.69) is 16.0 Å². The smallest absolute Gasteiger partial charge is 0.233 e. The molecule has 1 aliphatic heterocycles. The highest BCUT2D eigenvalue weighted by Crippen LogP contribution is 2.37. The van der Waals surface area contributed by atoms with Gasteiger partial charge in [0.05, 0.1) is 26.0 Å². The summed E-state index contributed by atoms with van der Waals surface area (Å²) in [7, 11) is 1.52. The number of aliphatic hydroxyl groups excluding tert-OH is 1. The van der Waals surface area contributed by atoms with E-state index in [0.717, 1.165) is 37.2 Å². The molecule has 1 aromatic heterocycles. The lowest BCUT2D eigenvalue weighted by Crippen LogP contribution is -2.46. The minimum atomic E-state index is -0.254. The fourth-order valence-corrected chi connectivity index (χ4v) is 3.68. The van der Waals surface area contributed by atoms with Crippen LogP contribution in [0.25, 0.3) is 0 Å². The Morgan fingerprint density at radius 2 is 2.11 bits per heavy atom. The third-order valence-electron chi connectivity index (χ3n) is 5.18. The van der Waals surface area contributed by atoms with Crippen LogP contribution in [-0.4, -0.2) is 43.5 Å². The number of hydrogen-bond acceptors (Lipinski definition) is 6. The van der Waals surface area contributed by atoms with Gasteiger partial charge in [-0.3, -0.25) is 0 Å². The standard InChI is InChI=1S/C21H25N3O3/c1-26-20-18(14-22)19(8-11-23-20)24-12-5-9-21(15-24,16-25)10-13-27-17-6-3-2-4-7-17/h2-4,6-8,11,25H,5,9-10,12-13,15-16H2,1H3/t21-/m1/s1. The number of hydrogen-bond donors (Lipinski definition) is 1. The topological polar surface area (TPSA) is 78.6 Å². The zero-order valence-electron chi connectivity index (χ0n) is 15.6. The van der Waals surface area contributed by atoms with Gasteiger partial charge in [-0.2, -0.15) is 5.26 Å². The second-order valence-electron chi connectivity index (χ2n) is 6.92. The van der Waals surface area contributed by atoms with Gasteiger partial charge in [-0.1, -0.05) is 18.2 Å². The van der Waals surface area contributed by atoms with Crippen LogP contribution in [0.15, 0.2) is 42.6 Å². The number of rotatable bonds is 7. The van der Waals surface area contributed by atoms with E-state index in [1.807, 2.05) is 36.4 Å². The molecule has 1 saturated heterocycles. The molecule has 1 aromatic carbocycles. The van der Waals surface area contributed by atoms with Crippen LogP contribution in [0.3, 0.4) is 0 Å². The van der Waals surface area contributed by atoms with E-state index in [4.69, 9.17) is 9.47 Å². The molecule has 1 aliphatic rings. The van der Waals surface area contributed by atoms with Crippen LogP contribution in [0.2, 0.25) is 0 Å². The highest BCUT2D eigenvalue weighted by atomic mass is 16.5. The molecule has 2 heterocycles. The fourth-order valence-electron chi connectivity index (χ4n) is 3.68. The largest absolute Gasteiger partial charge is 0.494 e.